The number of rotatable bonds is 2. The number of hydrogen-bond acceptors (Lipinski definition) is 3. The Labute approximate surface area is 124 Å². The van der Waals surface area contributed by atoms with Gasteiger partial charge in [0.1, 0.15) is 0 Å². The van der Waals surface area contributed by atoms with E-state index in [1.165, 1.54) is 0 Å². The van der Waals surface area contributed by atoms with Gasteiger partial charge in [-0.05, 0) is 54.8 Å². The van der Waals surface area contributed by atoms with Crippen molar-refractivity contribution in [1.29, 1.82) is 0 Å². The van der Waals surface area contributed by atoms with E-state index in [4.69, 9.17) is 10.2 Å². The summed E-state index contributed by atoms with van der Waals surface area (Å²) in [6.45, 7) is 2.55. The number of fused-ring (bicyclic) bond motifs is 1. The third-order valence-electron chi connectivity index (χ3n) is 3.71. The molecule has 0 amide bonds. The van der Waals surface area contributed by atoms with Crippen LogP contribution in [0.25, 0.3) is 10.8 Å². The largest absolute Gasteiger partial charge is 0.478 e. The molecule has 3 rings (SSSR count). The molecule has 3 N–H and O–H groups in total. The van der Waals surface area contributed by atoms with Gasteiger partial charge in [-0.2, -0.15) is 0 Å². The maximum Gasteiger partial charge on any atom is 0.335 e. The van der Waals surface area contributed by atoms with Crippen molar-refractivity contribution in [2.24, 2.45) is 5.92 Å². The number of carbonyl (C=O) groups is 1. The molecule has 4 nitrogen and oxygen atoms in total. The number of piperidine rings is 1. The van der Waals surface area contributed by atoms with Crippen LogP contribution >= 0.6 is 0 Å². The minimum atomic E-state index is -0.884. The summed E-state index contributed by atoms with van der Waals surface area (Å²) in [7, 11) is 0. The third-order valence-corrected chi connectivity index (χ3v) is 3.71. The SMILES string of the molecule is O=C(O)c1ccc2ccccc2c1.OCC1CCNCC1. The summed E-state index contributed by atoms with van der Waals surface area (Å²) in [4.78, 5) is 10.6. The Morgan fingerprint density at radius 2 is 1.76 bits per heavy atom. The maximum absolute atomic E-state index is 10.6. The fourth-order valence-corrected chi connectivity index (χ4v) is 2.39. The first kappa shape index (κ1) is 15.5. The number of nitrogens with one attached hydrogen (secondary N) is 1. The number of hydrogen-bond donors (Lipinski definition) is 3. The zero-order valence-corrected chi connectivity index (χ0v) is 12.0. The van der Waals surface area contributed by atoms with Gasteiger partial charge in [-0.15, -0.1) is 0 Å². The first-order valence-corrected chi connectivity index (χ1v) is 7.24. The topological polar surface area (TPSA) is 69.6 Å². The second kappa shape index (κ2) is 7.76. The second-order valence-corrected chi connectivity index (χ2v) is 5.24. The molecule has 112 valence electrons. The first-order valence-electron chi connectivity index (χ1n) is 7.24. The van der Waals surface area contributed by atoms with E-state index < -0.39 is 5.97 Å². The number of carboxylic acid groups (broad SMARTS) is 1. The van der Waals surface area contributed by atoms with E-state index in [-0.39, 0.29) is 0 Å². The summed E-state index contributed by atoms with van der Waals surface area (Å²) in [5, 5.41) is 22.7. The fourth-order valence-electron chi connectivity index (χ4n) is 2.39. The molecule has 0 bridgehead atoms. The predicted octanol–water partition coefficient (Wildman–Crippen LogP) is 2.52. The maximum atomic E-state index is 10.6. The van der Waals surface area contributed by atoms with Crippen molar-refractivity contribution in [3.8, 4) is 0 Å². The van der Waals surface area contributed by atoms with Crippen molar-refractivity contribution in [2.75, 3.05) is 19.7 Å². The van der Waals surface area contributed by atoms with Gasteiger partial charge >= 0.3 is 5.97 Å². The van der Waals surface area contributed by atoms with Crippen LogP contribution in [0, 0.1) is 5.92 Å². The number of carboxylic acids is 1. The highest BCUT2D eigenvalue weighted by Crippen LogP contribution is 2.15. The molecule has 1 saturated heterocycles. The normalized spacial score (nSPS) is 15.3. The van der Waals surface area contributed by atoms with Crippen molar-refractivity contribution < 1.29 is 15.0 Å². The van der Waals surface area contributed by atoms with Crippen molar-refractivity contribution in [3.63, 3.8) is 0 Å². The molecule has 1 aliphatic rings. The van der Waals surface area contributed by atoms with Crippen LogP contribution in [-0.4, -0.2) is 35.9 Å². The molecular formula is C17H21NO3. The molecule has 2 aromatic carbocycles. The van der Waals surface area contributed by atoms with Gasteiger partial charge in [-0.25, -0.2) is 4.79 Å². The molecule has 0 aliphatic carbocycles. The fraction of sp³-hybridized carbons (Fsp3) is 0.353. The lowest BCUT2D eigenvalue weighted by Crippen LogP contribution is -2.29. The summed E-state index contributed by atoms with van der Waals surface area (Å²) in [6, 6.07) is 12.8. The Balaban J connectivity index is 0.000000173. The van der Waals surface area contributed by atoms with E-state index in [9.17, 15) is 4.79 Å². The van der Waals surface area contributed by atoms with Crippen LogP contribution in [0.2, 0.25) is 0 Å². The second-order valence-electron chi connectivity index (χ2n) is 5.24. The zero-order chi connectivity index (χ0) is 15.1. The molecule has 0 radical (unpaired) electrons. The number of aromatic carboxylic acids is 1. The molecule has 4 heteroatoms. The molecule has 0 atom stereocenters. The highest BCUT2D eigenvalue weighted by molar-refractivity contribution is 5.94. The molecule has 21 heavy (non-hydrogen) atoms. The molecule has 0 saturated carbocycles. The van der Waals surface area contributed by atoms with E-state index >= 15 is 0 Å². The van der Waals surface area contributed by atoms with Crippen LogP contribution in [0.15, 0.2) is 42.5 Å². The summed E-state index contributed by atoms with van der Waals surface area (Å²) in [5.74, 6) is -0.304. The quantitative estimate of drug-likeness (QED) is 0.794. The van der Waals surface area contributed by atoms with Gasteiger partial charge < -0.3 is 15.5 Å². The Morgan fingerprint density at radius 3 is 2.33 bits per heavy atom. The molecule has 0 aromatic heterocycles. The van der Waals surface area contributed by atoms with Gasteiger partial charge in [0.2, 0.25) is 0 Å². The summed E-state index contributed by atoms with van der Waals surface area (Å²) < 4.78 is 0. The standard InChI is InChI=1S/C11H8O2.C6H13NO/c12-11(13)10-6-5-8-3-1-2-4-9(8)7-10;8-5-6-1-3-7-4-2-6/h1-7H,(H,12,13);6-8H,1-5H2. The van der Waals surface area contributed by atoms with Crippen LogP contribution in [0.1, 0.15) is 23.2 Å². The molecule has 1 aliphatic heterocycles. The lowest BCUT2D eigenvalue weighted by Gasteiger charge is -2.19. The van der Waals surface area contributed by atoms with Crippen molar-refractivity contribution in [3.05, 3.63) is 48.0 Å². The Kier molecular flexibility index (Phi) is 5.72. The number of aliphatic hydroxyl groups excluding tert-OH is 1. The number of benzene rings is 2. The first-order chi connectivity index (χ1) is 10.2. The van der Waals surface area contributed by atoms with Gasteiger partial charge in [0.05, 0.1) is 5.56 Å². The molecule has 2 aromatic rings. The van der Waals surface area contributed by atoms with Crippen LogP contribution < -0.4 is 5.32 Å². The van der Waals surface area contributed by atoms with E-state index in [1.807, 2.05) is 30.3 Å². The molecule has 0 spiro atoms. The van der Waals surface area contributed by atoms with Gasteiger partial charge in [0.15, 0.2) is 0 Å². The van der Waals surface area contributed by atoms with E-state index in [0.29, 0.717) is 18.1 Å². The Hall–Kier alpha value is -1.91. The minimum Gasteiger partial charge on any atom is -0.478 e. The highest BCUT2D eigenvalue weighted by Gasteiger charge is 2.10. The molecular weight excluding hydrogens is 266 g/mol. The van der Waals surface area contributed by atoms with E-state index in [0.717, 1.165) is 36.7 Å². The Bertz CT molecular complexity index is 591. The Morgan fingerprint density at radius 1 is 1.10 bits per heavy atom. The lowest BCUT2D eigenvalue weighted by molar-refractivity contribution is 0.0697. The van der Waals surface area contributed by atoms with Crippen LogP contribution in [0.5, 0.6) is 0 Å². The van der Waals surface area contributed by atoms with Crippen LogP contribution in [0.4, 0.5) is 0 Å². The monoisotopic (exact) mass is 287 g/mol. The zero-order valence-electron chi connectivity index (χ0n) is 12.0. The van der Waals surface area contributed by atoms with E-state index in [2.05, 4.69) is 5.32 Å². The molecule has 1 heterocycles. The molecule has 1 fully saturated rings. The summed E-state index contributed by atoms with van der Waals surface area (Å²) >= 11 is 0. The van der Waals surface area contributed by atoms with Crippen molar-refractivity contribution in [2.45, 2.75) is 12.8 Å². The van der Waals surface area contributed by atoms with Gasteiger partial charge in [0, 0.05) is 6.61 Å². The van der Waals surface area contributed by atoms with Gasteiger partial charge in [-0.3, -0.25) is 0 Å². The van der Waals surface area contributed by atoms with E-state index in [1.54, 1.807) is 12.1 Å². The lowest BCUT2D eigenvalue weighted by atomic mass is 10.00. The average molecular weight is 287 g/mol. The van der Waals surface area contributed by atoms with Crippen molar-refractivity contribution >= 4 is 16.7 Å². The summed E-state index contributed by atoms with van der Waals surface area (Å²) in [6.07, 6.45) is 2.30. The number of aliphatic hydroxyl groups is 1. The third kappa shape index (κ3) is 4.55. The smallest absolute Gasteiger partial charge is 0.335 e. The predicted molar refractivity (Wildman–Crippen MR) is 83.6 cm³/mol. The van der Waals surface area contributed by atoms with Gasteiger partial charge in [0.25, 0.3) is 0 Å². The van der Waals surface area contributed by atoms with Crippen LogP contribution in [-0.2, 0) is 0 Å². The van der Waals surface area contributed by atoms with Crippen LogP contribution in [0.3, 0.4) is 0 Å². The van der Waals surface area contributed by atoms with Crippen molar-refractivity contribution in [1.82, 2.24) is 5.32 Å². The highest BCUT2D eigenvalue weighted by atomic mass is 16.4. The average Bonchev–Trinajstić information content (AvgIpc) is 2.55. The van der Waals surface area contributed by atoms with Gasteiger partial charge in [-0.1, -0.05) is 30.3 Å². The minimum absolute atomic E-state index is 0.332. The molecule has 0 unspecified atom stereocenters. The summed E-state index contributed by atoms with van der Waals surface area (Å²) in [5.41, 5.74) is 0.332.